The smallest absolute Gasteiger partial charge is 0.358 e. The number of aryl methyl sites for hydroxylation is 3. The molecule has 0 aliphatic rings. The molecule has 0 aliphatic heterocycles. The molecule has 1 atom stereocenters. The van der Waals surface area contributed by atoms with Gasteiger partial charge in [0.15, 0.2) is 0 Å². The molecular formula is C35H46SiTi. The van der Waals surface area contributed by atoms with E-state index in [-0.39, 0.29) is 44.0 Å². The molecule has 0 bridgehead atoms. The van der Waals surface area contributed by atoms with E-state index in [0.29, 0.717) is 0 Å². The molecule has 0 spiro atoms. The van der Waals surface area contributed by atoms with Crippen molar-refractivity contribution in [1.82, 2.24) is 0 Å². The molecule has 0 saturated heterocycles. The Balaban J connectivity index is 0.00000324. The summed E-state index contributed by atoms with van der Waals surface area (Å²) in [6.45, 7) is 13.7. The van der Waals surface area contributed by atoms with Gasteiger partial charge in [-0.2, -0.15) is 0 Å². The van der Waals surface area contributed by atoms with Crippen molar-refractivity contribution in [2.75, 3.05) is 0 Å². The van der Waals surface area contributed by atoms with Gasteiger partial charge in [0, 0.05) is 0 Å². The van der Waals surface area contributed by atoms with Gasteiger partial charge in [0.2, 0.25) is 0 Å². The molecule has 4 rings (SSSR count). The van der Waals surface area contributed by atoms with Crippen LogP contribution in [0.2, 0.25) is 0 Å². The van der Waals surface area contributed by atoms with E-state index in [0.717, 1.165) is 18.9 Å². The predicted molar refractivity (Wildman–Crippen MR) is 167 cm³/mol. The van der Waals surface area contributed by atoms with Crippen molar-refractivity contribution in [3.8, 4) is 11.1 Å². The Hall–Kier alpha value is -2.06. The first-order chi connectivity index (χ1) is 15.9. The molecule has 0 radical (unpaired) electrons. The molecule has 0 amide bonds. The van der Waals surface area contributed by atoms with E-state index in [2.05, 4.69) is 114 Å². The Morgan fingerprint density at radius 3 is 1.78 bits per heavy atom. The van der Waals surface area contributed by atoms with Gasteiger partial charge in [0.25, 0.3) is 0 Å². The molecule has 1 unspecified atom stereocenters. The van der Waals surface area contributed by atoms with Crippen LogP contribution in [0, 0.1) is 50.0 Å². The number of rotatable bonds is 7. The van der Waals surface area contributed by atoms with Crippen LogP contribution < -0.4 is 10.4 Å². The molecule has 4 aromatic rings. The first kappa shape index (κ1) is 34.9. The molecule has 0 aromatic heterocycles. The largest absolute Gasteiger partial charge is 4.00 e. The molecule has 0 N–H and O–H groups in total. The third kappa shape index (κ3) is 7.50. The van der Waals surface area contributed by atoms with Gasteiger partial charge in [-0.1, -0.05) is 117 Å². The Morgan fingerprint density at radius 1 is 0.649 bits per heavy atom. The Kier molecular flexibility index (Phi) is 14.5. The summed E-state index contributed by atoms with van der Waals surface area (Å²) < 4.78 is 0. The SMILES string of the molecule is CCc1cc(CC)cc([SiH](Cc2c(C)c(C)c(C)[c-]2-c2ccccc2)c2cccc(C)c2)c1.[CH3-].[CH3-].[CH3-].[Ti+4]. The summed E-state index contributed by atoms with van der Waals surface area (Å²) in [7, 11) is -1.48. The summed E-state index contributed by atoms with van der Waals surface area (Å²) in [5, 5.41) is 3.15. The standard InChI is InChI=1S/C32H37Si.3CH3.Ti/c1-7-26-18-27(8-2)20-30(19-26)33(29-16-12-13-22(3)17-29)21-31-24(5)23(4)25(6)32(31)28-14-10-9-11-15-28;;;;/h9-20,33H,7-8,21H2,1-6H3;3*1H3;/q4*-1;+4. The molecule has 0 heterocycles. The maximum atomic E-state index is 2.51. The van der Waals surface area contributed by atoms with Gasteiger partial charge in [-0.05, 0) is 36.9 Å². The molecule has 4 aromatic carbocycles. The van der Waals surface area contributed by atoms with Gasteiger partial charge in [-0.3, -0.25) is 0 Å². The predicted octanol–water partition coefficient (Wildman–Crippen LogP) is 7.90. The minimum Gasteiger partial charge on any atom is -0.358 e. The Morgan fingerprint density at radius 2 is 1.24 bits per heavy atom. The fraction of sp³-hybridized carbons (Fsp3) is 0.257. The Bertz CT molecular complexity index is 1230. The third-order valence-electron chi connectivity index (χ3n) is 7.46. The van der Waals surface area contributed by atoms with E-state index >= 15 is 0 Å². The topological polar surface area (TPSA) is 0 Å². The van der Waals surface area contributed by atoms with Crippen molar-refractivity contribution in [3.63, 3.8) is 0 Å². The molecule has 0 aliphatic carbocycles. The minimum absolute atomic E-state index is 0. The van der Waals surface area contributed by atoms with Crippen LogP contribution in [-0.4, -0.2) is 8.80 Å². The Labute approximate surface area is 245 Å². The summed E-state index contributed by atoms with van der Waals surface area (Å²) >= 11 is 0. The van der Waals surface area contributed by atoms with Gasteiger partial charge in [0.05, 0.1) is 0 Å². The number of hydrogen-bond donors (Lipinski definition) is 0. The van der Waals surface area contributed by atoms with Gasteiger partial charge in [-0.15, -0.1) is 39.9 Å². The van der Waals surface area contributed by atoms with Crippen LogP contribution in [0.3, 0.4) is 0 Å². The molecule has 194 valence electrons. The second-order valence-corrected chi connectivity index (χ2v) is 12.4. The van der Waals surface area contributed by atoms with E-state index in [1.54, 1.807) is 15.9 Å². The van der Waals surface area contributed by atoms with Crippen LogP contribution in [0.15, 0.2) is 72.8 Å². The zero-order valence-corrected chi connectivity index (χ0v) is 27.3. The summed E-state index contributed by atoms with van der Waals surface area (Å²) in [5.74, 6) is 0. The summed E-state index contributed by atoms with van der Waals surface area (Å²) in [4.78, 5) is 0. The first-order valence-electron chi connectivity index (χ1n) is 12.4. The first-order valence-corrected chi connectivity index (χ1v) is 14.4. The van der Waals surface area contributed by atoms with Crippen molar-refractivity contribution in [3.05, 3.63) is 134 Å². The van der Waals surface area contributed by atoms with Gasteiger partial charge in [0.1, 0.15) is 8.80 Å². The van der Waals surface area contributed by atoms with Gasteiger partial charge in [-0.25, -0.2) is 0 Å². The molecule has 0 fully saturated rings. The maximum absolute atomic E-state index is 2.51. The van der Waals surface area contributed by atoms with Crippen molar-refractivity contribution in [2.24, 2.45) is 0 Å². The zero-order chi connectivity index (χ0) is 23.5. The van der Waals surface area contributed by atoms with Crippen LogP contribution in [0.4, 0.5) is 0 Å². The maximum Gasteiger partial charge on any atom is 4.00 e. The van der Waals surface area contributed by atoms with E-state index < -0.39 is 8.80 Å². The normalized spacial score (nSPS) is 10.9. The molecule has 2 heteroatoms. The van der Waals surface area contributed by atoms with E-state index in [1.807, 2.05) is 0 Å². The van der Waals surface area contributed by atoms with Crippen molar-refractivity contribution in [2.45, 2.75) is 60.4 Å². The van der Waals surface area contributed by atoms with Crippen molar-refractivity contribution < 1.29 is 21.7 Å². The van der Waals surface area contributed by atoms with Crippen LogP contribution in [0.25, 0.3) is 11.1 Å². The number of benzene rings is 3. The molecular weight excluding hydrogens is 496 g/mol. The zero-order valence-electron chi connectivity index (χ0n) is 24.6. The quantitative estimate of drug-likeness (QED) is 0.164. The summed E-state index contributed by atoms with van der Waals surface area (Å²) in [6, 6.07) is 28.9. The molecule has 37 heavy (non-hydrogen) atoms. The fourth-order valence-electron chi connectivity index (χ4n) is 5.28. The monoisotopic (exact) mass is 542 g/mol. The number of hydrogen-bond acceptors (Lipinski definition) is 0. The van der Waals surface area contributed by atoms with Crippen LogP contribution >= 0.6 is 0 Å². The van der Waals surface area contributed by atoms with Gasteiger partial charge < -0.3 is 22.3 Å². The van der Waals surface area contributed by atoms with E-state index in [9.17, 15) is 0 Å². The van der Waals surface area contributed by atoms with Crippen LogP contribution in [0.1, 0.15) is 52.8 Å². The summed E-state index contributed by atoms with van der Waals surface area (Å²) in [6.07, 6.45) is 2.19. The van der Waals surface area contributed by atoms with E-state index in [1.165, 1.54) is 44.5 Å². The van der Waals surface area contributed by atoms with Crippen molar-refractivity contribution in [1.29, 1.82) is 0 Å². The average molecular weight is 543 g/mol. The second kappa shape index (κ2) is 15.4. The minimum atomic E-state index is -1.48. The second-order valence-electron chi connectivity index (χ2n) is 9.56. The van der Waals surface area contributed by atoms with Gasteiger partial charge >= 0.3 is 21.7 Å². The third-order valence-corrected chi connectivity index (χ3v) is 10.6. The van der Waals surface area contributed by atoms with E-state index in [4.69, 9.17) is 0 Å². The molecule has 0 saturated carbocycles. The van der Waals surface area contributed by atoms with Crippen molar-refractivity contribution >= 4 is 19.2 Å². The fourth-order valence-corrected chi connectivity index (χ4v) is 8.69. The summed E-state index contributed by atoms with van der Waals surface area (Å²) in [5.41, 5.74) is 13.1. The van der Waals surface area contributed by atoms with Crippen LogP contribution in [-0.2, 0) is 40.6 Å². The molecule has 0 nitrogen and oxygen atoms in total. The average Bonchev–Trinajstić information content (AvgIpc) is 3.05. The van der Waals surface area contributed by atoms with Crippen LogP contribution in [0.5, 0.6) is 0 Å².